The van der Waals surface area contributed by atoms with Gasteiger partial charge in [0.25, 0.3) is 0 Å². The fraction of sp³-hybridized carbons (Fsp3) is 0.481. The number of methoxy groups -OCH3 is 1. The summed E-state index contributed by atoms with van der Waals surface area (Å²) in [6.07, 6.45) is -3.10. The van der Waals surface area contributed by atoms with Gasteiger partial charge in [0.1, 0.15) is 23.5 Å². The zero-order valence-electron chi connectivity index (χ0n) is 24.3. The van der Waals surface area contributed by atoms with Crippen LogP contribution in [0.4, 0.5) is 26.3 Å². The van der Waals surface area contributed by atoms with E-state index in [1.54, 1.807) is 0 Å². The summed E-state index contributed by atoms with van der Waals surface area (Å²) in [5.41, 5.74) is 0.267. The van der Waals surface area contributed by atoms with E-state index in [0.29, 0.717) is 0 Å². The molecule has 0 amide bonds. The number of hydrogen-bond donors (Lipinski definition) is 4. The second kappa shape index (κ2) is 13.1. The number of aromatic nitrogens is 8. The fourth-order valence-electron chi connectivity index (χ4n) is 5.95. The van der Waals surface area contributed by atoms with Gasteiger partial charge in [-0.2, -0.15) is 13.2 Å². The van der Waals surface area contributed by atoms with E-state index in [1.165, 1.54) is 28.9 Å². The molecule has 3 aromatic heterocycles. The number of hydrogen-bond acceptors (Lipinski definition) is 11. The highest BCUT2D eigenvalue weighted by atomic mass is 32.2. The summed E-state index contributed by atoms with van der Waals surface area (Å²) >= 11 is 0. The van der Waals surface area contributed by atoms with Crippen LogP contribution in [0.2, 0.25) is 0 Å². The molecule has 2 aliphatic rings. The van der Waals surface area contributed by atoms with Crippen LogP contribution in [0.25, 0.3) is 22.5 Å². The molecule has 2 saturated heterocycles. The average Bonchev–Trinajstić information content (AvgIpc) is 3.74. The summed E-state index contributed by atoms with van der Waals surface area (Å²) < 4.78 is 93.9. The van der Waals surface area contributed by atoms with E-state index < -0.39 is 87.8 Å². The van der Waals surface area contributed by atoms with Gasteiger partial charge in [-0.05, 0) is 12.1 Å². The first-order valence-corrected chi connectivity index (χ1v) is 15.8. The minimum Gasteiger partial charge on any atom is -0.395 e. The van der Waals surface area contributed by atoms with Crippen LogP contribution in [0.5, 0.6) is 0 Å². The highest BCUT2D eigenvalue weighted by Crippen LogP contribution is 2.51. The molecule has 0 aliphatic carbocycles. The Balaban J connectivity index is 1.21. The Bertz CT molecular complexity index is 1690. The van der Waals surface area contributed by atoms with Crippen molar-refractivity contribution in [3.8, 4) is 22.5 Å². The van der Waals surface area contributed by atoms with Crippen LogP contribution >= 0.6 is 10.9 Å². The van der Waals surface area contributed by atoms with Crippen LogP contribution in [-0.4, -0.2) is 117 Å². The van der Waals surface area contributed by atoms with Crippen LogP contribution in [-0.2, 0) is 15.7 Å². The van der Waals surface area contributed by atoms with Gasteiger partial charge in [0.05, 0.1) is 50.5 Å². The first-order chi connectivity index (χ1) is 22.4. The summed E-state index contributed by atoms with van der Waals surface area (Å²) in [7, 11) is 0.0120. The summed E-state index contributed by atoms with van der Waals surface area (Å²) in [6, 6.07) is -0.126. The Hall–Kier alpha value is -3.69. The van der Waals surface area contributed by atoms with Crippen molar-refractivity contribution in [2.24, 2.45) is 0 Å². The number of thiol groups is 1. The lowest BCUT2D eigenvalue weighted by molar-refractivity contribution is -0.145. The van der Waals surface area contributed by atoms with E-state index in [4.69, 9.17) is 9.47 Å². The Kier molecular flexibility index (Phi) is 9.24. The van der Waals surface area contributed by atoms with Gasteiger partial charge in [-0.15, -0.1) is 10.2 Å². The third kappa shape index (κ3) is 6.32. The summed E-state index contributed by atoms with van der Waals surface area (Å²) in [6.45, 7) is -0.343. The highest BCUT2D eigenvalue weighted by molar-refractivity contribution is 8.18. The molecule has 0 radical (unpaired) electrons. The Morgan fingerprint density at radius 2 is 1.55 bits per heavy atom. The Morgan fingerprint density at radius 3 is 2.17 bits per heavy atom. The molecule has 254 valence electrons. The normalized spacial score (nSPS) is 29.2. The van der Waals surface area contributed by atoms with E-state index in [2.05, 4.69) is 30.6 Å². The van der Waals surface area contributed by atoms with E-state index in [0.717, 1.165) is 24.5 Å². The lowest BCUT2D eigenvalue weighted by atomic mass is 10.0. The van der Waals surface area contributed by atoms with Gasteiger partial charge in [0.15, 0.2) is 17.5 Å². The number of aliphatic hydroxyl groups excluding tert-OH is 3. The molecule has 2 fully saturated rings. The van der Waals surface area contributed by atoms with Crippen molar-refractivity contribution in [1.82, 2.24) is 40.0 Å². The highest BCUT2D eigenvalue weighted by Gasteiger charge is 2.49. The fourth-order valence-corrected chi connectivity index (χ4v) is 9.43. The SMILES string of the molecule is CO[C@H]1C[SH]([C@@H]2COC[C@H](n3cc(-c4cnc(C(F)(F)F)nc4)nn3)[C@H]2O)[C@H](CO)[C@H](O)[C@@H]1n1cc(-c2cc(F)c(F)c(F)c2)nn1. The molecule has 1 aromatic carbocycles. The molecule has 8 atom stereocenters. The maximum Gasteiger partial charge on any atom is 0.451 e. The number of ether oxygens (including phenoxy) is 2. The summed E-state index contributed by atoms with van der Waals surface area (Å²) in [4.78, 5) is 6.67. The van der Waals surface area contributed by atoms with Gasteiger partial charge >= 0.3 is 6.18 Å². The predicted octanol–water partition coefficient (Wildman–Crippen LogP) is 1.72. The molecule has 1 unspecified atom stereocenters. The van der Waals surface area contributed by atoms with Gasteiger partial charge in [0, 0.05) is 46.9 Å². The molecule has 4 aromatic rings. The molecular formula is C27H28F6N8O5S. The minimum atomic E-state index is -4.71. The molecule has 2 aliphatic heterocycles. The van der Waals surface area contributed by atoms with E-state index in [9.17, 15) is 41.7 Å². The number of nitrogens with zero attached hydrogens (tertiary/aromatic N) is 8. The lowest BCUT2D eigenvalue weighted by Gasteiger charge is -2.51. The number of aliphatic hydroxyl groups is 3. The van der Waals surface area contributed by atoms with Gasteiger partial charge in [0.2, 0.25) is 5.82 Å². The maximum absolute atomic E-state index is 13.8. The van der Waals surface area contributed by atoms with Crippen molar-refractivity contribution in [1.29, 1.82) is 0 Å². The average molecular weight is 691 g/mol. The van der Waals surface area contributed by atoms with Crippen molar-refractivity contribution in [3.63, 3.8) is 0 Å². The Morgan fingerprint density at radius 1 is 0.936 bits per heavy atom. The van der Waals surface area contributed by atoms with Gasteiger partial charge in [-0.1, -0.05) is 10.4 Å². The van der Waals surface area contributed by atoms with Crippen LogP contribution in [0, 0.1) is 17.5 Å². The topological polar surface area (TPSA) is 166 Å². The summed E-state index contributed by atoms with van der Waals surface area (Å²) in [5, 5.41) is 48.2. The number of benzene rings is 1. The molecule has 20 heteroatoms. The van der Waals surface area contributed by atoms with Crippen LogP contribution in [0.1, 0.15) is 17.9 Å². The van der Waals surface area contributed by atoms with Crippen molar-refractivity contribution in [2.45, 2.75) is 47.1 Å². The van der Waals surface area contributed by atoms with E-state index in [1.807, 2.05) is 0 Å². The van der Waals surface area contributed by atoms with Crippen LogP contribution in [0.3, 0.4) is 0 Å². The van der Waals surface area contributed by atoms with Crippen molar-refractivity contribution >= 4 is 10.9 Å². The standard InChI is InChI=1S/C27H28F6N8O5S/c1-45-19-11-47(20(8-42)25(44)23(19)41-7-16(36-39-41)12-2-14(28)22(30)15(29)3-12)21-10-46-9-18(24(21)43)40-6-17(37-38-40)13-4-34-26(35-5-13)27(31,32)33/h2-7,18-21,23-25,42-44,47H,8-11H2,1H3/t18-,19-,20+,21+,23+,24+,25-/m0/s1. The minimum absolute atomic E-state index is 0.00671. The maximum atomic E-state index is 13.8. The van der Waals surface area contributed by atoms with Gasteiger partial charge in [-0.3, -0.25) is 0 Å². The predicted molar refractivity (Wildman–Crippen MR) is 152 cm³/mol. The molecular weight excluding hydrogens is 662 g/mol. The molecule has 5 heterocycles. The quantitative estimate of drug-likeness (QED) is 0.127. The van der Waals surface area contributed by atoms with Crippen LogP contribution < -0.4 is 0 Å². The molecule has 13 nitrogen and oxygen atoms in total. The van der Waals surface area contributed by atoms with Crippen molar-refractivity contribution < 1.29 is 51.1 Å². The molecule has 0 spiro atoms. The lowest BCUT2D eigenvalue weighted by Crippen LogP contribution is -2.55. The van der Waals surface area contributed by atoms with Gasteiger partial charge < -0.3 is 24.8 Å². The van der Waals surface area contributed by atoms with Crippen molar-refractivity contribution in [3.05, 3.63) is 60.2 Å². The van der Waals surface area contributed by atoms with Gasteiger partial charge in [-0.25, -0.2) is 43.4 Å². The second-order valence-electron chi connectivity index (χ2n) is 11.1. The molecule has 47 heavy (non-hydrogen) atoms. The first-order valence-electron chi connectivity index (χ1n) is 14.1. The largest absolute Gasteiger partial charge is 0.451 e. The number of rotatable bonds is 7. The molecule has 3 N–H and O–H groups in total. The number of alkyl halides is 3. The third-order valence-electron chi connectivity index (χ3n) is 8.37. The monoisotopic (exact) mass is 690 g/mol. The zero-order chi connectivity index (χ0) is 33.6. The second-order valence-corrected chi connectivity index (χ2v) is 13.8. The molecule has 0 saturated carbocycles. The zero-order valence-corrected chi connectivity index (χ0v) is 25.2. The third-order valence-corrected chi connectivity index (χ3v) is 11.8. The first kappa shape index (κ1) is 33.2. The molecule has 0 bridgehead atoms. The van der Waals surface area contributed by atoms with Crippen LogP contribution in [0.15, 0.2) is 36.9 Å². The smallest absolute Gasteiger partial charge is 0.395 e. The molecule has 6 rings (SSSR count). The van der Waals surface area contributed by atoms with Crippen molar-refractivity contribution in [2.75, 3.05) is 32.7 Å². The number of halogens is 6. The van der Waals surface area contributed by atoms with E-state index >= 15 is 0 Å². The van der Waals surface area contributed by atoms with E-state index in [-0.39, 0.29) is 41.5 Å². The Labute approximate surface area is 264 Å². The summed E-state index contributed by atoms with van der Waals surface area (Å²) in [5.74, 6) is -5.47.